The molecule has 0 aliphatic heterocycles. The van der Waals surface area contributed by atoms with E-state index in [9.17, 15) is 0 Å². The minimum Gasteiger partial charge on any atom is -0.0857 e. The molecule has 1 unspecified atom stereocenters. The Balaban J connectivity index is 3.81. The molecule has 0 radical (unpaired) electrons. The fraction of sp³-hybridized carbons (Fsp3) is 1.00. The number of rotatable bonds is 5. The first-order chi connectivity index (χ1) is 5.13. The molecule has 0 N–H and O–H groups in total. The molecule has 0 aliphatic carbocycles. The molecule has 0 aliphatic rings. The molecule has 0 spiro atoms. The highest BCUT2D eigenvalue weighted by Crippen LogP contribution is 2.27. The van der Waals surface area contributed by atoms with Gasteiger partial charge in [0.1, 0.15) is 6.71 Å². The second-order valence-electron chi connectivity index (χ2n) is 4.06. The van der Waals surface area contributed by atoms with E-state index >= 15 is 0 Å². The van der Waals surface area contributed by atoms with Gasteiger partial charge in [-0.3, -0.25) is 0 Å². The highest BCUT2D eigenvalue weighted by Gasteiger charge is 2.20. The Morgan fingerprint density at radius 1 is 1.18 bits per heavy atom. The molecule has 66 valence electrons. The van der Waals surface area contributed by atoms with Crippen LogP contribution in [0.1, 0.15) is 47.0 Å². The molecule has 0 aromatic heterocycles. The van der Waals surface area contributed by atoms with E-state index in [0.717, 1.165) is 18.3 Å². The van der Waals surface area contributed by atoms with Crippen LogP contribution < -0.4 is 0 Å². The summed E-state index contributed by atoms with van der Waals surface area (Å²) in [5.74, 6) is 1.81. The van der Waals surface area contributed by atoms with Crippen molar-refractivity contribution in [1.82, 2.24) is 0 Å². The second kappa shape index (κ2) is 5.68. The molecule has 0 fully saturated rings. The molecule has 0 heterocycles. The summed E-state index contributed by atoms with van der Waals surface area (Å²) in [5, 5.41) is 0. The summed E-state index contributed by atoms with van der Waals surface area (Å²) in [6.07, 6.45) is 4.11. The Bertz CT molecular complexity index is 88.9. The lowest BCUT2D eigenvalue weighted by atomic mass is 9.35. The molecule has 0 amide bonds. The van der Waals surface area contributed by atoms with Crippen molar-refractivity contribution in [2.24, 2.45) is 0 Å². The van der Waals surface area contributed by atoms with Crippen LogP contribution in [0.3, 0.4) is 0 Å². The maximum atomic E-state index is 2.40. The lowest BCUT2D eigenvalue weighted by molar-refractivity contribution is 0.675. The Morgan fingerprint density at radius 3 is 2.00 bits per heavy atom. The SMILES string of the molecule is CCCC(CC)B(C)C(C)C. The van der Waals surface area contributed by atoms with Crippen LogP contribution in [0.4, 0.5) is 0 Å². The van der Waals surface area contributed by atoms with Crippen LogP contribution in [0, 0.1) is 0 Å². The van der Waals surface area contributed by atoms with Gasteiger partial charge in [-0.2, -0.15) is 0 Å². The molecule has 0 saturated heterocycles. The van der Waals surface area contributed by atoms with Gasteiger partial charge in [0.25, 0.3) is 0 Å². The molecule has 0 aromatic rings. The highest BCUT2D eigenvalue weighted by molar-refractivity contribution is 6.60. The van der Waals surface area contributed by atoms with Crippen molar-refractivity contribution < 1.29 is 0 Å². The van der Waals surface area contributed by atoms with E-state index < -0.39 is 0 Å². The summed E-state index contributed by atoms with van der Waals surface area (Å²) in [6.45, 7) is 12.6. The van der Waals surface area contributed by atoms with E-state index in [1.165, 1.54) is 19.3 Å². The molecule has 1 atom stereocenters. The van der Waals surface area contributed by atoms with E-state index in [4.69, 9.17) is 0 Å². The first kappa shape index (κ1) is 11.1. The van der Waals surface area contributed by atoms with Gasteiger partial charge in [-0.25, -0.2) is 0 Å². The Labute approximate surface area is 72.8 Å². The summed E-state index contributed by atoms with van der Waals surface area (Å²) in [6, 6.07) is 0. The van der Waals surface area contributed by atoms with Gasteiger partial charge in [-0.15, -0.1) is 0 Å². The third-order valence-electron chi connectivity index (χ3n) is 2.98. The predicted molar refractivity (Wildman–Crippen MR) is 55.7 cm³/mol. The third-order valence-corrected chi connectivity index (χ3v) is 2.98. The van der Waals surface area contributed by atoms with E-state index in [1.54, 1.807) is 0 Å². The van der Waals surface area contributed by atoms with Crippen LogP contribution in [-0.4, -0.2) is 6.71 Å². The molecule has 0 nitrogen and oxygen atoms in total. The summed E-state index contributed by atoms with van der Waals surface area (Å²) in [5.41, 5.74) is 0. The van der Waals surface area contributed by atoms with Crippen molar-refractivity contribution in [1.29, 1.82) is 0 Å². The molecule has 11 heavy (non-hydrogen) atoms. The monoisotopic (exact) mass is 154 g/mol. The van der Waals surface area contributed by atoms with Crippen molar-refractivity contribution in [3.8, 4) is 0 Å². The summed E-state index contributed by atoms with van der Waals surface area (Å²) >= 11 is 0. The van der Waals surface area contributed by atoms with Gasteiger partial charge < -0.3 is 0 Å². The van der Waals surface area contributed by atoms with Gasteiger partial charge in [0.15, 0.2) is 0 Å². The second-order valence-corrected chi connectivity index (χ2v) is 4.06. The van der Waals surface area contributed by atoms with Gasteiger partial charge in [-0.05, 0) is 0 Å². The smallest absolute Gasteiger partial charge is 0.0857 e. The Hall–Kier alpha value is 0.0649. The molecule has 0 aromatic carbocycles. The third kappa shape index (κ3) is 3.84. The van der Waals surface area contributed by atoms with Gasteiger partial charge >= 0.3 is 0 Å². The van der Waals surface area contributed by atoms with Crippen molar-refractivity contribution >= 4 is 6.71 Å². The van der Waals surface area contributed by atoms with Crippen molar-refractivity contribution in [3.05, 3.63) is 0 Å². The summed E-state index contributed by atoms with van der Waals surface area (Å²) < 4.78 is 0. The molecule has 0 bridgehead atoms. The van der Waals surface area contributed by atoms with E-state index in [0.29, 0.717) is 0 Å². The zero-order valence-corrected chi connectivity index (χ0v) is 8.85. The number of hydrogen-bond acceptors (Lipinski definition) is 0. The zero-order valence-electron chi connectivity index (χ0n) is 8.85. The fourth-order valence-corrected chi connectivity index (χ4v) is 1.75. The fourth-order valence-electron chi connectivity index (χ4n) is 1.75. The first-order valence-electron chi connectivity index (χ1n) is 5.13. The predicted octanol–water partition coefficient (Wildman–Crippen LogP) is 4.10. The maximum Gasteiger partial charge on any atom is 0.142 e. The minimum absolute atomic E-state index is 0.853. The van der Waals surface area contributed by atoms with Crippen LogP contribution in [0.5, 0.6) is 0 Å². The average Bonchev–Trinajstić information content (AvgIpc) is 1.98. The summed E-state index contributed by atoms with van der Waals surface area (Å²) in [4.78, 5) is 0. The topological polar surface area (TPSA) is 0 Å². The lowest BCUT2D eigenvalue weighted by Crippen LogP contribution is -2.19. The molecular weight excluding hydrogens is 131 g/mol. The quantitative estimate of drug-likeness (QED) is 0.523. The minimum atomic E-state index is 0.853. The van der Waals surface area contributed by atoms with Crippen molar-refractivity contribution in [2.45, 2.75) is 65.4 Å². The van der Waals surface area contributed by atoms with E-state index in [-0.39, 0.29) is 0 Å². The van der Waals surface area contributed by atoms with E-state index in [1.807, 2.05) is 0 Å². The van der Waals surface area contributed by atoms with Crippen LogP contribution in [0.25, 0.3) is 0 Å². The van der Waals surface area contributed by atoms with E-state index in [2.05, 4.69) is 34.5 Å². The normalized spacial score (nSPS) is 13.6. The number of hydrogen-bond donors (Lipinski definition) is 0. The molecule has 1 heteroatoms. The van der Waals surface area contributed by atoms with Crippen molar-refractivity contribution in [2.75, 3.05) is 0 Å². The molecule has 0 saturated carbocycles. The van der Waals surface area contributed by atoms with Crippen molar-refractivity contribution in [3.63, 3.8) is 0 Å². The van der Waals surface area contributed by atoms with Crippen LogP contribution in [0.15, 0.2) is 0 Å². The van der Waals surface area contributed by atoms with Gasteiger partial charge in [-0.1, -0.05) is 65.4 Å². The highest BCUT2D eigenvalue weighted by atomic mass is 14.0. The maximum absolute atomic E-state index is 2.40. The largest absolute Gasteiger partial charge is 0.142 e. The molecule has 0 rings (SSSR count). The first-order valence-corrected chi connectivity index (χ1v) is 5.13. The van der Waals surface area contributed by atoms with Crippen LogP contribution in [0.2, 0.25) is 18.5 Å². The standard InChI is InChI=1S/C10H23B/c1-6-8-10(7-2)11(5)9(3)4/h9-10H,6-8H2,1-5H3. The Kier molecular flexibility index (Phi) is 5.72. The van der Waals surface area contributed by atoms with Gasteiger partial charge in [0, 0.05) is 0 Å². The average molecular weight is 154 g/mol. The Morgan fingerprint density at radius 2 is 1.73 bits per heavy atom. The molecular formula is C10H23B. The summed E-state index contributed by atoms with van der Waals surface area (Å²) in [7, 11) is 0. The van der Waals surface area contributed by atoms with Crippen LogP contribution >= 0.6 is 0 Å². The lowest BCUT2D eigenvalue weighted by Gasteiger charge is -2.22. The van der Waals surface area contributed by atoms with Gasteiger partial charge in [0.05, 0.1) is 0 Å². The van der Waals surface area contributed by atoms with Crippen LogP contribution in [-0.2, 0) is 0 Å². The van der Waals surface area contributed by atoms with Gasteiger partial charge in [0.2, 0.25) is 0 Å². The zero-order chi connectivity index (χ0) is 8.85.